The van der Waals surface area contributed by atoms with E-state index in [1.165, 1.54) is 45.4 Å². The van der Waals surface area contributed by atoms with E-state index < -0.39 is 36.0 Å². The summed E-state index contributed by atoms with van der Waals surface area (Å²) < 4.78 is 61.3. The SMILES string of the molecule is COc1ccc(F)cc1C(C)(C)CC(O)(CNc1ccnc2nc(C)ccc12)C(F)(F)F. The van der Waals surface area contributed by atoms with Gasteiger partial charge >= 0.3 is 6.18 Å². The molecule has 0 aliphatic carbocycles. The molecule has 1 atom stereocenters. The van der Waals surface area contributed by atoms with Gasteiger partial charge in [-0.1, -0.05) is 13.8 Å². The molecule has 0 saturated carbocycles. The van der Waals surface area contributed by atoms with Crippen molar-refractivity contribution in [3.63, 3.8) is 0 Å². The summed E-state index contributed by atoms with van der Waals surface area (Å²) in [5.41, 5.74) is -2.67. The van der Waals surface area contributed by atoms with E-state index >= 15 is 0 Å². The van der Waals surface area contributed by atoms with Gasteiger partial charge in [0.1, 0.15) is 11.6 Å². The number of methoxy groups -OCH3 is 1. The molecular formula is C23H25F4N3O2. The predicted octanol–water partition coefficient (Wildman–Crippen LogP) is 5.16. The van der Waals surface area contributed by atoms with Crippen LogP contribution in [-0.2, 0) is 5.41 Å². The quantitative estimate of drug-likeness (QED) is 0.486. The number of aliphatic hydroxyl groups is 1. The van der Waals surface area contributed by atoms with Gasteiger partial charge in [0.15, 0.2) is 11.2 Å². The first-order valence-electron chi connectivity index (χ1n) is 9.96. The number of hydrogen-bond acceptors (Lipinski definition) is 5. The fourth-order valence-electron chi connectivity index (χ4n) is 3.82. The average molecular weight is 451 g/mol. The standard InChI is InChI=1S/C23H25F4N3O2/c1-14-5-7-16-18(9-10-28-20(16)30-14)29-13-22(31,23(25,26)27)12-21(2,3)17-11-15(24)6-8-19(17)32-4/h5-11,31H,12-13H2,1-4H3,(H,28,29,30). The Morgan fingerprint density at radius 1 is 1.09 bits per heavy atom. The first-order valence-corrected chi connectivity index (χ1v) is 9.96. The third kappa shape index (κ3) is 4.77. The molecule has 2 heterocycles. The van der Waals surface area contributed by atoms with Crippen LogP contribution in [0.1, 0.15) is 31.5 Å². The van der Waals surface area contributed by atoms with Crippen molar-refractivity contribution in [2.45, 2.75) is 44.4 Å². The zero-order valence-electron chi connectivity index (χ0n) is 18.2. The minimum Gasteiger partial charge on any atom is -0.496 e. The van der Waals surface area contributed by atoms with Crippen LogP contribution in [0.4, 0.5) is 23.2 Å². The van der Waals surface area contributed by atoms with E-state index in [4.69, 9.17) is 4.74 Å². The first-order chi connectivity index (χ1) is 14.9. The Kier molecular flexibility index (Phi) is 6.33. The summed E-state index contributed by atoms with van der Waals surface area (Å²) in [6.45, 7) is 3.99. The molecule has 2 aromatic heterocycles. The Labute approximate surface area is 183 Å². The molecule has 3 rings (SSSR count). The maximum atomic E-state index is 14.1. The van der Waals surface area contributed by atoms with Gasteiger partial charge in [-0.2, -0.15) is 13.2 Å². The number of rotatable bonds is 7. The zero-order chi connectivity index (χ0) is 23.7. The smallest absolute Gasteiger partial charge is 0.418 e. The van der Waals surface area contributed by atoms with E-state index in [0.29, 0.717) is 16.7 Å². The number of pyridine rings is 2. The molecular weight excluding hydrogens is 426 g/mol. The van der Waals surface area contributed by atoms with Crippen molar-refractivity contribution >= 4 is 16.7 Å². The second kappa shape index (κ2) is 8.54. The molecule has 5 nitrogen and oxygen atoms in total. The fraction of sp³-hybridized carbons (Fsp3) is 0.391. The maximum absolute atomic E-state index is 14.1. The number of nitrogens with zero attached hydrogens (tertiary/aromatic N) is 2. The highest BCUT2D eigenvalue weighted by Gasteiger charge is 2.56. The Balaban J connectivity index is 1.94. The number of aromatic nitrogens is 2. The Hall–Kier alpha value is -2.94. The van der Waals surface area contributed by atoms with Gasteiger partial charge < -0.3 is 15.2 Å². The number of fused-ring (bicyclic) bond motifs is 1. The van der Waals surface area contributed by atoms with Crippen LogP contribution in [0.3, 0.4) is 0 Å². The highest BCUT2D eigenvalue weighted by molar-refractivity contribution is 5.88. The second-order valence-corrected chi connectivity index (χ2v) is 8.47. The number of ether oxygens (including phenoxy) is 1. The number of nitrogens with one attached hydrogen (secondary N) is 1. The zero-order valence-corrected chi connectivity index (χ0v) is 18.2. The molecule has 0 saturated heterocycles. The van der Waals surface area contributed by atoms with Gasteiger partial charge in [-0.3, -0.25) is 0 Å². The summed E-state index contributed by atoms with van der Waals surface area (Å²) in [6, 6.07) is 8.62. The highest BCUT2D eigenvalue weighted by atomic mass is 19.4. The van der Waals surface area contributed by atoms with Crippen molar-refractivity contribution in [3.05, 3.63) is 59.7 Å². The van der Waals surface area contributed by atoms with Crippen LogP contribution in [0.2, 0.25) is 0 Å². The molecule has 172 valence electrons. The largest absolute Gasteiger partial charge is 0.496 e. The van der Waals surface area contributed by atoms with Gasteiger partial charge in [0, 0.05) is 28.5 Å². The van der Waals surface area contributed by atoms with Gasteiger partial charge in [0.2, 0.25) is 0 Å². The number of anilines is 1. The van der Waals surface area contributed by atoms with Crippen LogP contribution in [0.5, 0.6) is 5.75 Å². The van der Waals surface area contributed by atoms with Crippen molar-refractivity contribution in [2.75, 3.05) is 19.0 Å². The summed E-state index contributed by atoms with van der Waals surface area (Å²) >= 11 is 0. The minimum atomic E-state index is -4.95. The van der Waals surface area contributed by atoms with Gasteiger partial charge in [-0.25, -0.2) is 14.4 Å². The number of aryl methyl sites for hydroxylation is 1. The molecule has 1 aromatic carbocycles. The molecule has 1 unspecified atom stereocenters. The topological polar surface area (TPSA) is 67.3 Å². The van der Waals surface area contributed by atoms with Crippen LogP contribution in [0.25, 0.3) is 11.0 Å². The fourth-order valence-corrected chi connectivity index (χ4v) is 3.82. The van der Waals surface area contributed by atoms with Crippen molar-refractivity contribution in [1.82, 2.24) is 9.97 Å². The molecule has 32 heavy (non-hydrogen) atoms. The maximum Gasteiger partial charge on any atom is 0.418 e. The number of benzene rings is 1. The molecule has 0 radical (unpaired) electrons. The number of hydrogen-bond donors (Lipinski definition) is 2. The molecule has 0 spiro atoms. The van der Waals surface area contributed by atoms with Crippen LogP contribution in [0, 0.1) is 12.7 Å². The van der Waals surface area contributed by atoms with Crippen LogP contribution in [-0.4, -0.2) is 40.5 Å². The molecule has 0 fully saturated rings. The van der Waals surface area contributed by atoms with Crippen molar-refractivity contribution in [3.8, 4) is 5.75 Å². The summed E-state index contributed by atoms with van der Waals surface area (Å²) in [5.74, 6) is -0.357. The van der Waals surface area contributed by atoms with Gasteiger partial charge in [0.05, 0.1) is 13.7 Å². The van der Waals surface area contributed by atoms with Gasteiger partial charge in [0.25, 0.3) is 0 Å². The van der Waals surface area contributed by atoms with Crippen molar-refractivity contribution in [1.29, 1.82) is 0 Å². The lowest BCUT2D eigenvalue weighted by Crippen LogP contribution is -2.53. The molecule has 2 N–H and O–H groups in total. The van der Waals surface area contributed by atoms with E-state index in [-0.39, 0.29) is 11.3 Å². The molecule has 0 amide bonds. The Morgan fingerprint density at radius 3 is 2.47 bits per heavy atom. The number of halogens is 4. The molecule has 0 bridgehead atoms. The molecule has 3 aromatic rings. The summed E-state index contributed by atoms with van der Waals surface area (Å²) in [4.78, 5) is 8.41. The van der Waals surface area contributed by atoms with E-state index in [0.717, 1.165) is 11.8 Å². The Bertz CT molecular complexity index is 1120. The third-order valence-corrected chi connectivity index (χ3v) is 5.47. The molecule has 0 aliphatic rings. The van der Waals surface area contributed by atoms with Crippen LogP contribution in [0.15, 0.2) is 42.6 Å². The van der Waals surface area contributed by atoms with Crippen LogP contribution < -0.4 is 10.1 Å². The lowest BCUT2D eigenvalue weighted by atomic mass is 9.74. The van der Waals surface area contributed by atoms with Crippen molar-refractivity contribution in [2.24, 2.45) is 0 Å². The van der Waals surface area contributed by atoms with E-state index in [2.05, 4.69) is 15.3 Å². The first kappa shape index (κ1) is 23.7. The van der Waals surface area contributed by atoms with Crippen LogP contribution >= 0.6 is 0 Å². The minimum absolute atomic E-state index is 0.233. The van der Waals surface area contributed by atoms with Gasteiger partial charge in [-0.05, 0) is 55.2 Å². The molecule has 9 heteroatoms. The van der Waals surface area contributed by atoms with E-state index in [1.807, 2.05) is 0 Å². The molecule has 0 aliphatic heterocycles. The third-order valence-electron chi connectivity index (χ3n) is 5.47. The normalized spacial score (nSPS) is 14.3. The lowest BCUT2D eigenvalue weighted by Gasteiger charge is -2.38. The summed E-state index contributed by atoms with van der Waals surface area (Å²) in [5, 5.41) is 14.1. The van der Waals surface area contributed by atoms with E-state index in [1.54, 1.807) is 19.1 Å². The van der Waals surface area contributed by atoms with Gasteiger partial charge in [-0.15, -0.1) is 0 Å². The summed E-state index contributed by atoms with van der Waals surface area (Å²) in [7, 11) is 1.36. The van der Waals surface area contributed by atoms with E-state index in [9.17, 15) is 22.7 Å². The summed E-state index contributed by atoms with van der Waals surface area (Å²) in [6.07, 6.45) is -4.24. The lowest BCUT2D eigenvalue weighted by molar-refractivity contribution is -0.260. The number of alkyl halides is 3. The predicted molar refractivity (Wildman–Crippen MR) is 114 cm³/mol. The monoisotopic (exact) mass is 451 g/mol. The second-order valence-electron chi connectivity index (χ2n) is 8.47. The van der Waals surface area contributed by atoms with Crippen molar-refractivity contribution < 1.29 is 27.4 Å². The highest BCUT2D eigenvalue weighted by Crippen LogP contribution is 2.44. The average Bonchev–Trinajstić information content (AvgIpc) is 2.70. The Morgan fingerprint density at radius 2 is 1.81 bits per heavy atom.